The van der Waals surface area contributed by atoms with Crippen molar-refractivity contribution in [3.05, 3.63) is 6.67 Å². The van der Waals surface area contributed by atoms with Crippen LogP contribution in [0, 0.1) is 6.67 Å². The quantitative estimate of drug-likeness (QED) is 0.405. The lowest BCUT2D eigenvalue weighted by molar-refractivity contribution is 0.245. The summed E-state index contributed by atoms with van der Waals surface area (Å²) in [5.74, 6) is 0. The third-order valence-corrected chi connectivity index (χ3v) is 0.602. The lowest BCUT2D eigenvalue weighted by Gasteiger charge is -1.82. The van der Waals surface area contributed by atoms with Gasteiger partial charge in [-0.3, -0.25) is 0 Å². The molecular formula is C2H3N2OS. The summed E-state index contributed by atoms with van der Waals surface area (Å²) in [5, 5.41) is 2.96. The fraction of sp³-hybridized carbons (Fsp3) is 0. The molecule has 1 radical (unpaired) electrons. The standard InChI is InChI=1S/C2H3N2OS/c6-2-3-1-4-5-2/h1,4H,(H,3,6). The third kappa shape index (κ3) is 0.580. The molecule has 33 valence electrons. The van der Waals surface area contributed by atoms with E-state index in [0.717, 1.165) is 0 Å². The molecule has 0 bridgehead atoms. The van der Waals surface area contributed by atoms with Crippen molar-refractivity contribution in [1.29, 1.82) is 0 Å². The second kappa shape index (κ2) is 1.40. The van der Waals surface area contributed by atoms with Crippen LogP contribution in [0.15, 0.2) is 0 Å². The first-order valence-electron chi connectivity index (χ1n) is 1.44. The topological polar surface area (TPSA) is 33.3 Å². The maximum atomic E-state index is 4.49. The fourth-order valence-electron chi connectivity index (χ4n) is 0.201. The van der Waals surface area contributed by atoms with Gasteiger partial charge in [0.15, 0.2) is 6.67 Å². The number of rotatable bonds is 0. The van der Waals surface area contributed by atoms with E-state index in [1.807, 2.05) is 0 Å². The van der Waals surface area contributed by atoms with Gasteiger partial charge in [0.1, 0.15) is 0 Å². The van der Waals surface area contributed by atoms with Crippen LogP contribution >= 0.6 is 12.2 Å². The Morgan fingerprint density at radius 3 is 2.83 bits per heavy atom. The summed E-state index contributed by atoms with van der Waals surface area (Å²) in [5.41, 5.74) is 2.39. The van der Waals surface area contributed by atoms with Gasteiger partial charge in [-0.05, 0) is 12.2 Å². The van der Waals surface area contributed by atoms with E-state index in [4.69, 9.17) is 0 Å². The van der Waals surface area contributed by atoms with Gasteiger partial charge in [-0.25, -0.2) is 0 Å². The molecule has 2 N–H and O–H groups in total. The van der Waals surface area contributed by atoms with Gasteiger partial charge in [0.05, 0.1) is 0 Å². The minimum absolute atomic E-state index is 0.370. The van der Waals surface area contributed by atoms with Crippen LogP contribution in [0.4, 0.5) is 0 Å². The molecule has 0 aromatic rings. The highest BCUT2D eigenvalue weighted by Crippen LogP contribution is 1.80. The molecule has 0 aliphatic carbocycles. The minimum atomic E-state index is 0.370. The Hall–Kier alpha value is -0.350. The zero-order valence-corrected chi connectivity index (χ0v) is 3.71. The smallest absolute Gasteiger partial charge is 0.279 e. The molecule has 3 nitrogen and oxygen atoms in total. The summed E-state index contributed by atoms with van der Waals surface area (Å²) in [6.07, 6.45) is 0. The average Bonchev–Trinajstić information content (AvgIpc) is 1.86. The molecule has 0 unspecified atom stereocenters. The van der Waals surface area contributed by atoms with E-state index in [2.05, 4.69) is 27.9 Å². The van der Waals surface area contributed by atoms with Gasteiger partial charge in [0.25, 0.3) is 5.17 Å². The molecule has 1 aliphatic rings. The van der Waals surface area contributed by atoms with Crippen LogP contribution in [-0.4, -0.2) is 5.17 Å². The molecule has 1 rings (SSSR count). The van der Waals surface area contributed by atoms with Gasteiger partial charge in [-0.2, -0.15) is 0 Å². The van der Waals surface area contributed by atoms with Crippen LogP contribution in [0.25, 0.3) is 0 Å². The van der Waals surface area contributed by atoms with Crippen molar-refractivity contribution in [3.63, 3.8) is 0 Å². The summed E-state index contributed by atoms with van der Waals surface area (Å²) >= 11 is 4.49. The van der Waals surface area contributed by atoms with Crippen molar-refractivity contribution in [2.24, 2.45) is 0 Å². The maximum Gasteiger partial charge on any atom is 0.279 e. The number of hydrogen-bond acceptors (Lipinski definition) is 3. The van der Waals surface area contributed by atoms with E-state index in [1.165, 1.54) is 6.67 Å². The van der Waals surface area contributed by atoms with Gasteiger partial charge in [-0.15, -0.1) is 5.48 Å². The van der Waals surface area contributed by atoms with Crippen molar-refractivity contribution >= 4 is 17.4 Å². The molecule has 4 heteroatoms. The molecule has 0 saturated carbocycles. The van der Waals surface area contributed by atoms with Gasteiger partial charge in [0.2, 0.25) is 0 Å². The monoisotopic (exact) mass is 103 g/mol. The molecule has 1 saturated heterocycles. The second-order valence-electron chi connectivity index (χ2n) is 0.796. The Morgan fingerprint density at radius 2 is 2.67 bits per heavy atom. The van der Waals surface area contributed by atoms with E-state index >= 15 is 0 Å². The van der Waals surface area contributed by atoms with Gasteiger partial charge >= 0.3 is 0 Å². The predicted molar refractivity (Wildman–Crippen MR) is 24.3 cm³/mol. The number of hydroxylamine groups is 1. The Bertz CT molecular complexity index is 65.9. The van der Waals surface area contributed by atoms with Crippen LogP contribution in [0.5, 0.6) is 0 Å². The average molecular weight is 103 g/mol. The molecule has 0 amide bonds. The van der Waals surface area contributed by atoms with Crippen molar-refractivity contribution in [2.75, 3.05) is 0 Å². The zero-order chi connectivity index (χ0) is 4.41. The second-order valence-corrected chi connectivity index (χ2v) is 1.17. The van der Waals surface area contributed by atoms with Gasteiger partial charge in [0, 0.05) is 0 Å². The highest BCUT2D eigenvalue weighted by molar-refractivity contribution is 7.80. The summed E-state index contributed by atoms with van der Waals surface area (Å²) in [6, 6.07) is 0. The third-order valence-electron chi connectivity index (χ3n) is 0.401. The van der Waals surface area contributed by atoms with E-state index in [1.54, 1.807) is 0 Å². The highest BCUT2D eigenvalue weighted by atomic mass is 32.1. The largest absolute Gasteiger partial charge is 0.376 e. The molecule has 1 heterocycles. The zero-order valence-electron chi connectivity index (χ0n) is 2.89. The Labute approximate surface area is 40.6 Å². The molecule has 0 aromatic heterocycles. The van der Waals surface area contributed by atoms with Crippen LogP contribution in [-0.2, 0) is 4.84 Å². The summed E-state index contributed by atoms with van der Waals surface area (Å²) in [6.45, 7) is 1.52. The van der Waals surface area contributed by atoms with E-state index < -0.39 is 0 Å². The number of thiocarbonyl (C=S) groups is 1. The van der Waals surface area contributed by atoms with Crippen LogP contribution in [0.3, 0.4) is 0 Å². The lowest BCUT2D eigenvalue weighted by Crippen LogP contribution is -2.07. The van der Waals surface area contributed by atoms with E-state index in [-0.39, 0.29) is 0 Å². The molecule has 0 aromatic carbocycles. The fourth-order valence-corrected chi connectivity index (χ4v) is 0.308. The van der Waals surface area contributed by atoms with Crippen molar-refractivity contribution in [2.45, 2.75) is 0 Å². The Kier molecular flexibility index (Phi) is 0.894. The SMILES string of the molecule is S=C1N[CH]NO1. The van der Waals surface area contributed by atoms with Crippen LogP contribution in [0.1, 0.15) is 0 Å². The maximum absolute atomic E-state index is 4.49. The first-order chi connectivity index (χ1) is 2.89. The van der Waals surface area contributed by atoms with Crippen molar-refractivity contribution in [3.8, 4) is 0 Å². The number of nitrogens with one attached hydrogen (secondary N) is 2. The summed E-state index contributed by atoms with van der Waals surface area (Å²) < 4.78 is 0. The minimum Gasteiger partial charge on any atom is -0.376 e. The van der Waals surface area contributed by atoms with Crippen molar-refractivity contribution < 1.29 is 4.84 Å². The number of hydrogen-bond donors (Lipinski definition) is 2. The summed E-state index contributed by atoms with van der Waals surface area (Å²) in [4.78, 5) is 4.47. The van der Waals surface area contributed by atoms with Crippen LogP contribution < -0.4 is 10.8 Å². The first kappa shape index (κ1) is 3.83. The normalized spacial score (nSPS) is 19.7. The Balaban J connectivity index is 2.37. The van der Waals surface area contributed by atoms with Crippen molar-refractivity contribution in [1.82, 2.24) is 10.8 Å². The molecule has 1 fully saturated rings. The predicted octanol–water partition coefficient (Wildman–Crippen LogP) is -0.485. The highest BCUT2D eigenvalue weighted by Gasteiger charge is 2.01. The molecule has 6 heavy (non-hydrogen) atoms. The molecule has 0 atom stereocenters. The van der Waals surface area contributed by atoms with E-state index in [0.29, 0.717) is 5.17 Å². The van der Waals surface area contributed by atoms with Crippen LogP contribution in [0.2, 0.25) is 0 Å². The Morgan fingerprint density at radius 1 is 1.83 bits per heavy atom. The first-order valence-corrected chi connectivity index (χ1v) is 1.85. The molecule has 1 aliphatic heterocycles. The summed E-state index contributed by atoms with van der Waals surface area (Å²) in [7, 11) is 0. The van der Waals surface area contributed by atoms with E-state index in [9.17, 15) is 0 Å². The van der Waals surface area contributed by atoms with Gasteiger partial charge < -0.3 is 10.2 Å². The molecular weight excluding hydrogens is 100 g/mol. The van der Waals surface area contributed by atoms with Gasteiger partial charge in [-0.1, -0.05) is 0 Å². The molecule has 0 spiro atoms. The lowest BCUT2D eigenvalue weighted by atomic mass is 11.1.